The van der Waals surface area contributed by atoms with Gasteiger partial charge in [-0.2, -0.15) is 4.98 Å². The summed E-state index contributed by atoms with van der Waals surface area (Å²) in [7, 11) is 0. The van der Waals surface area contributed by atoms with Crippen LogP contribution in [0.2, 0.25) is 5.02 Å². The SMILES string of the molecule is Fc1cc(Cl)ccc1CNc1cccc(OC2CCNC2)n1. The fourth-order valence-corrected chi connectivity index (χ4v) is 2.49. The van der Waals surface area contributed by atoms with Crippen LogP contribution >= 0.6 is 11.6 Å². The number of nitrogens with zero attached hydrogens (tertiary/aromatic N) is 1. The van der Waals surface area contributed by atoms with Crippen LogP contribution in [0.25, 0.3) is 0 Å². The molecule has 0 spiro atoms. The Morgan fingerprint density at radius 2 is 2.27 bits per heavy atom. The molecule has 1 unspecified atom stereocenters. The molecule has 0 saturated carbocycles. The number of hydrogen-bond donors (Lipinski definition) is 2. The van der Waals surface area contributed by atoms with Crippen molar-refractivity contribution in [3.8, 4) is 5.88 Å². The number of nitrogens with one attached hydrogen (secondary N) is 2. The first kappa shape index (κ1) is 15.1. The van der Waals surface area contributed by atoms with E-state index in [1.54, 1.807) is 12.1 Å². The van der Waals surface area contributed by atoms with Crippen LogP contribution in [0, 0.1) is 5.82 Å². The van der Waals surface area contributed by atoms with Gasteiger partial charge in [-0.05, 0) is 31.2 Å². The summed E-state index contributed by atoms with van der Waals surface area (Å²) in [5.41, 5.74) is 0.539. The van der Waals surface area contributed by atoms with Gasteiger partial charge in [-0.1, -0.05) is 23.7 Å². The Labute approximate surface area is 133 Å². The smallest absolute Gasteiger partial charge is 0.215 e. The van der Waals surface area contributed by atoms with Crippen LogP contribution in [-0.4, -0.2) is 24.2 Å². The molecule has 1 aromatic carbocycles. The largest absolute Gasteiger partial charge is 0.473 e. The Kier molecular flexibility index (Phi) is 4.75. The molecule has 4 nitrogen and oxygen atoms in total. The van der Waals surface area contributed by atoms with Gasteiger partial charge >= 0.3 is 0 Å². The fourth-order valence-electron chi connectivity index (χ4n) is 2.33. The van der Waals surface area contributed by atoms with E-state index in [0.717, 1.165) is 19.5 Å². The molecule has 3 rings (SSSR count). The van der Waals surface area contributed by atoms with Gasteiger partial charge in [-0.15, -0.1) is 0 Å². The minimum Gasteiger partial charge on any atom is -0.473 e. The molecule has 0 aliphatic carbocycles. The molecule has 116 valence electrons. The van der Waals surface area contributed by atoms with Crippen molar-refractivity contribution in [1.82, 2.24) is 10.3 Å². The Hall–Kier alpha value is -1.85. The summed E-state index contributed by atoms with van der Waals surface area (Å²) in [5, 5.41) is 6.73. The minimum atomic E-state index is -0.329. The average molecular weight is 322 g/mol. The standard InChI is InChI=1S/C16H17ClFN3O/c17-12-5-4-11(14(18)8-12)9-20-15-2-1-3-16(21-15)22-13-6-7-19-10-13/h1-5,8,13,19H,6-7,9-10H2,(H,20,21). The number of hydrogen-bond acceptors (Lipinski definition) is 4. The zero-order valence-electron chi connectivity index (χ0n) is 12.0. The van der Waals surface area contributed by atoms with Gasteiger partial charge in [0.05, 0.1) is 0 Å². The van der Waals surface area contributed by atoms with Crippen molar-refractivity contribution in [2.75, 3.05) is 18.4 Å². The lowest BCUT2D eigenvalue weighted by atomic mass is 10.2. The van der Waals surface area contributed by atoms with Crippen LogP contribution in [0.5, 0.6) is 5.88 Å². The predicted octanol–water partition coefficient (Wildman–Crippen LogP) is 3.23. The molecule has 2 heterocycles. The van der Waals surface area contributed by atoms with Crippen LogP contribution in [0.3, 0.4) is 0 Å². The van der Waals surface area contributed by atoms with Gasteiger partial charge in [0.25, 0.3) is 0 Å². The predicted molar refractivity (Wildman–Crippen MR) is 84.9 cm³/mol. The highest BCUT2D eigenvalue weighted by Gasteiger charge is 2.16. The molecule has 0 amide bonds. The summed E-state index contributed by atoms with van der Waals surface area (Å²) in [5.74, 6) is 0.900. The van der Waals surface area contributed by atoms with E-state index in [1.807, 2.05) is 18.2 Å². The van der Waals surface area contributed by atoms with Crippen molar-refractivity contribution in [3.63, 3.8) is 0 Å². The first-order valence-corrected chi connectivity index (χ1v) is 7.61. The number of aromatic nitrogens is 1. The highest BCUT2D eigenvalue weighted by Crippen LogP contribution is 2.18. The normalized spacial score (nSPS) is 17.5. The van der Waals surface area contributed by atoms with E-state index in [4.69, 9.17) is 16.3 Å². The monoisotopic (exact) mass is 321 g/mol. The first-order chi connectivity index (χ1) is 10.7. The van der Waals surface area contributed by atoms with Gasteiger partial charge in [0.1, 0.15) is 17.7 Å². The molecule has 6 heteroatoms. The number of halogens is 2. The summed E-state index contributed by atoms with van der Waals surface area (Å²) >= 11 is 5.74. The number of anilines is 1. The van der Waals surface area contributed by atoms with Crippen LogP contribution in [0.15, 0.2) is 36.4 Å². The third-order valence-corrected chi connectivity index (χ3v) is 3.74. The summed E-state index contributed by atoms with van der Waals surface area (Å²) in [6.45, 7) is 2.15. The third-order valence-electron chi connectivity index (χ3n) is 3.50. The lowest BCUT2D eigenvalue weighted by Crippen LogP contribution is -2.20. The van der Waals surface area contributed by atoms with Gasteiger partial charge in [0.2, 0.25) is 5.88 Å². The molecule has 2 N–H and O–H groups in total. The molecule has 1 fully saturated rings. The van der Waals surface area contributed by atoms with E-state index in [9.17, 15) is 4.39 Å². The van der Waals surface area contributed by atoms with Crippen molar-refractivity contribution >= 4 is 17.4 Å². The second-order valence-corrected chi connectivity index (χ2v) is 5.62. The molecule has 0 bridgehead atoms. The number of benzene rings is 1. The Morgan fingerprint density at radius 3 is 3.05 bits per heavy atom. The Balaban J connectivity index is 1.62. The van der Waals surface area contributed by atoms with Gasteiger partial charge in [0.15, 0.2) is 0 Å². The lowest BCUT2D eigenvalue weighted by Gasteiger charge is -2.13. The van der Waals surface area contributed by atoms with Gasteiger partial charge in [-0.3, -0.25) is 0 Å². The number of ether oxygens (including phenoxy) is 1. The van der Waals surface area contributed by atoms with Crippen molar-refractivity contribution in [3.05, 3.63) is 52.8 Å². The van der Waals surface area contributed by atoms with E-state index in [2.05, 4.69) is 15.6 Å². The average Bonchev–Trinajstić information content (AvgIpc) is 3.00. The number of pyridine rings is 1. The number of rotatable bonds is 5. The summed E-state index contributed by atoms with van der Waals surface area (Å²) in [6.07, 6.45) is 1.14. The zero-order valence-corrected chi connectivity index (χ0v) is 12.7. The highest BCUT2D eigenvalue weighted by atomic mass is 35.5. The maximum absolute atomic E-state index is 13.7. The van der Waals surface area contributed by atoms with Gasteiger partial charge < -0.3 is 15.4 Å². The molecule has 1 saturated heterocycles. The first-order valence-electron chi connectivity index (χ1n) is 7.23. The summed E-state index contributed by atoms with van der Waals surface area (Å²) < 4.78 is 19.5. The second kappa shape index (κ2) is 6.94. The van der Waals surface area contributed by atoms with Gasteiger partial charge in [-0.25, -0.2) is 4.39 Å². The molecule has 1 aliphatic rings. The maximum atomic E-state index is 13.7. The van der Waals surface area contributed by atoms with Crippen LogP contribution in [-0.2, 0) is 6.54 Å². The molecule has 1 aromatic heterocycles. The molecule has 1 aliphatic heterocycles. The quantitative estimate of drug-likeness (QED) is 0.887. The fraction of sp³-hybridized carbons (Fsp3) is 0.312. The molecule has 22 heavy (non-hydrogen) atoms. The third kappa shape index (κ3) is 3.87. The van der Waals surface area contributed by atoms with E-state index < -0.39 is 0 Å². The van der Waals surface area contributed by atoms with Crippen molar-refractivity contribution in [1.29, 1.82) is 0 Å². The van der Waals surface area contributed by atoms with Crippen LogP contribution < -0.4 is 15.4 Å². The maximum Gasteiger partial charge on any atom is 0.215 e. The molecule has 0 radical (unpaired) electrons. The van der Waals surface area contributed by atoms with Crippen LogP contribution in [0.4, 0.5) is 10.2 Å². The lowest BCUT2D eigenvalue weighted by molar-refractivity contribution is 0.214. The van der Waals surface area contributed by atoms with E-state index in [1.165, 1.54) is 6.07 Å². The van der Waals surface area contributed by atoms with Crippen molar-refractivity contribution in [2.24, 2.45) is 0 Å². The zero-order chi connectivity index (χ0) is 15.4. The van der Waals surface area contributed by atoms with Crippen LogP contribution in [0.1, 0.15) is 12.0 Å². The van der Waals surface area contributed by atoms with E-state index in [0.29, 0.717) is 28.8 Å². The summed E-state index contributed by atoms with van der Waals surface area (Å²) in [6, 6.07) is 10.2. The van der Waals surface area contributed by atoms with E-state index in [-0.39, 0.29) is 11.9 Å². The summed E-state index contributed by atoms with van der Waals surface area (Å²) in [4.78, 5) is 4.39. The molecular weight excluding hydrogens is 305 g/mol. The molecule has 1 atom stereocenters. The minimum absolute atomic E-state index is 0.163. The molecular formula is C16H17ClFN3O. The highest BCUT2D eigenvalue weighted by molar-refractivity contribution is 6.30. The van der Waals surface area contributed by atoms with E-state index >= 15 is 0 Å². The van der Waals surface area contributed by atoms with Gasteiger partial charge in [0, 0.05) is 29.7 Å². The topological polar surface area (TPSA) is 46.2 Å². The second-order valence-electron chi connectivity index (χ2n) is 5.18. The molecule has 2 aromatic rings. The van der Waals surface area contributed by atoms with Crippen molar-refractivity contribution in [2.45, 2.75) is 19.1 Å². The Bertz CT molecular complexity index is 647. The van der Waals surface area contributed by atoms with Crippen molar-refractivity contribution < 1.29 is 9.13 Å². The Morgan fingerprint density at radius 1 is 1.36 bits per heavy atom.